The Morgan fingerprint density at radius 1 is 1.53 bits per heavy atom. The van der Waals surface area contributed by atoms with E-state index in [9.17, 15) is 4.79 Å². The highest BCUT2D eigenvalue weighted by Crippen LogP contribution is 2.21. The molecule has 0 bridgehead atoms. The zero-order valence-electron chi connectivity index (χ0n) is 10.9. The van der Waals surface area contributed by atoms with Crippen LogP contribution >= 0.6 is 0 Å². The molecule has 0 aliphatic rings. The first-order chi connectivity index (χ1) is 9.22. The number of azide groups is 1. The quantitative estimate of drug-likeness (QED) is 0.256. The molecule has 19 heavy (non-hydrogen) atoms. The van der Waals surface area contributed by atoms with Crippen molar-refractivity contribution in [1.82, 2.24) is 0 Å². The summed E-state index contributed by atoms with van der Waals surface area (Å²) in [5, 5.41) is 12.2. The highest BCUT2D eigenvalue weighted by atomic mass is 16.5. The number of aryl methyl sites for hydroxylation is 1. The van der Waals surface area contributed by atoms with Gasteiger partial charge in [0.15, 0.2) is 5.78 Å². The van der Waals surface area contributed by atoms with Crippen molar-refractivity contribution < 1.29 is 14.6 Å². The molecule has 1 aromatic rings. The zero-order chi connectivity index (χ0) is 14.1. The van der Waals surface area contributed by atoms with Crippen molar-refractivity contribution in [2.45, 2.75) is 19.8 Å². The maximum absolute atomic E-state index is 11.4. The predicted molar refractivity (Wildman–Crippen MR) is 71.4 cm³/mol. The van der Waals surface area contributed by atoms with Crippen LogP contribution < -0.4 is 4.74 Å². The Kier molecular flexibility index (Phi) is 6.43. The highest BCUT2D eigenvalue weighted by Gasteiger charge is 2.08. The molecule has 6 heteroatoms. The Balaban J connectivity index is 2.67. The van der Waals surface area contributed by atoms with Crippen LogP contribution in [0.3, 0.4) is 0 Å². The SMILES string of the molecule is CCc1cc(C(=O)CO)ccc1OCCCN=[N+]=[N-]. The van der Waals surface area contributed by atoms with Gasteiger partial charge in [-0.3, -0.25) is 4.79 Å². The number of Topliss-reactive ketones (excluding diaryl/α,β-unsaturated/α-hetero) is 1. The van der Waals surface area contributed by atoms with E-state index in [1.165, 1.54) is 0 Å². The molecular formula is C13H17N3O3. The lowest BCUT2D eigenvalue weighted by Crippen LogP contribution is -2.06. The summed E-state index contributed by atoms with van der Waals surface area (Å²) in [6.45, 7) is 2.34. The summed E-state index contributed by atoms with van der Waals surface area (Å²) in [7, 11) is 0. The number of ether oxygens (including phenoxy) is 1. The lowest BCUT2D eigenvalue weighted by molar-refractivity contribution is 0.0903. The topological polar surface area (TPSA) is 95.3 Å². The molecule has 0 atom stereocenters. The molecule has 0 fully saturated rings. The third-order valence-corrected chi connectivity index (χ3v) is 2.63. The minimum absolute atomic E-state index is 0.301. The molecule has 0 aliphatic carbocycles. The lowest BCUT2D eigenvalue weighted by atomic mass is 10.0. The number of carbonyl (C=O) groups excluding carboxylic acids is 1. The number of rotatable bonds is 8. The van der Waals surface area contributed by atoms with Crippen LogP contribution in [0.5, 0.6) is 5.75 Å². The number of aliphatic hydroxyl groups is 1. The second kappa shape index (κ2) is 8.13. The van der Waals surface area contributed by atoms with Gasteiger partial charge in [-0.2, -0.15) is 0 Å². The molecule has 0 spiro atoms. The number of hydrogen-bond donors (Lipinski definition) is 1. The van der Waals surface area contributed by atoms with Gasteiger partial charge in [-0.15, -0.1) is 0 Å². The minimum Gasteiger partial charge on any atom is -0.493 e. The minimum atomic E-state index is -0.491. The standard InChI is InChI=1S/C13H17N3O3/c1-2-10-8-11(12(18)9-17)4-5-13(10)19-7-3-6-15-16-14/h4-5,8,17H,2-3,6-7,9H2,1H3. The summed E-state index contributed by atoms with van der Waals surface area (Å²) < 4.78 is 5.59. The van der Waals surface area contributed by atoms with Crippen LogP contribution in [0.4, 0.5) is 0 Å². The maximum atomic E-state index is 11.4. The number of nitrogens with zero attached hydrogens (tertiary/aromatic N) is 3. The largest absolute Gasteiger partial charge is 0.493 e. The Morgan fingerprint density at radius 2 is 2.32 bits per heavy atom. The van der Waals surface area contributed by atoms with Gasteiger partial charge < -0.3 is 9.84 Å². The fraction of sp³-hybridized carbons (Fsp3) is 0.462. The number of ketones is 1. The second-order valence-corrected chi connectivity index (χ2v) is 3.91. The van der Waals surface area contributed by atoms with Crippen molar-refractivity contribution in [3.8, 4) is 5.75 Å². The van der Waals surface area contributed by atoms with Gasteiger partial charge in [0, 0.05) is 17.0 Å². The predicted octanol–water partition coefficient (Wildman–Crippen LogP) is 2.50. The lowest BCUT2D eigenvalue weighted by Gasteiger charge is -2.11. The fourth-order valence-corrected chi connectivity index (χ4v) is 1.62. The van der Waals surface area contributed by atoms with Crippen molar-refractivity contribution in [1.29, 1.82) is 0 Å². The van der Waals surface area contributed by atoms with Gasteiger partial charge in [-0.1, -0.05) is 12.0 Å². The average molecular weight is 263 g/mol. The van der Waals surface area contributed by atoms with Crippen LogP contribution in [0.1, 0.15) is 29.3 Å². The molecule has 6 nitrogen and oxygen atoms in total. The molecular weight excluding hydrogens is 246 g/mol. The summed E-state index contributed by atoms with van der Waals surface area (Å²) >= 11 is 0. The smallest absolute Gasteiger partial charge is 0.188 e. The van der Waals surface area contributed by atoms with Gasteiger partial charge in [0.05, 0.1) is 6.61 Å². The van der Waals surface area contributed by atoms with Crippen LogP contribution in [0.25, 0.3) is 10.4 Å². The molecule has 0 aromatic heterocycles. The molecule has 102 valence electrons. The van der Waals surface area contributed by atoms with E-state index < -0.39 is 6.61 Å². The fourth-order valence-electron chi connectivity index (χ4n) is 1.62. The molecule has 1 rings (SSSR count). The van der Waals surface area contributed by atoms with Gasteiger partial charge in [0.1, 0.15) is 12.4 Å². The first-order valence-electron chi connectivity index (χ1n) is 6.13. The van der Waals surface area contributed by atoms with Crippen molar-refractivity contribution >= 4 is 5.78 Å². The Bertz CT molecular complexity index is 482. The van der Waals surface area contributed by atoms with Gasteiger partial charge in [0.2, 0.25) is 0 Å². The first-order valence-corrected chi connectivity index (χ1v) is 6.13. The molecule has 0 radical (unpaired) electrons. The van der Waals surface area contributed by atoms with Gasteiger partial charge in [0.25, 0.3) is 0 Å². The van der Waals surface area contributed by atoms with E-state index in [0.29, 0.717) is 25.1 Å². The molecule has 0 saturated carbocycles. The normalized spacial score (nSPS) is 9.79. The van der Waals surface area contributed by atoms with E-state index in [1.807, 2.05) is 6.92 Å². The van der Waals surface area contributed by atoms with Crippen LogP contribution in [0.15, 0.2) is 23.3 Å². The van der Waals surface area contributed by atoms with Crippen molar-refractivity contribution in [2.75, 3.05) is 19.8 Å². The second-order valence-electron chi connectivity index (χ2n) is 3.91. The van der Waals surface area contributed by atoms with Gasteiger partial charge >= 0.3 is 0 Å². The molecule has 0 saturated heterocycles. The molecule has 0 heterocycles. The third kappa shape index (κ3) is 4.62. The van der Waals surface area contributed by atoms with E-state index >= 15 is 0 Å². The van der Waals surface area contributed by atoms with Crippen LogP contribution in [-0.4, -0.2) is 30.6 Å². The van der Waals surface area contributed by atoms with E-state index in [1.54, 1.807) is 18.2 Å². The highest BCUT2D eigenvalue weighted by molar-refractivity contribution is 5.97. The first kappa shape index (κ1) is 15.0. The summed E-state index contributed by atoms with van der Waals surface area (Å²) in [5.41, 5.74) is 9.54. The monoisotopic (exact) mass is 263 g/mol. The maximum Gasteiger partial charge on any atom is 0.188 e. The van der Waals surface area contributed by atoms with Crippen molar-refractivity contribution in [3.05, 3.63) is 39.8 Å². The molecule has 1 N–H and O–H groups in total. The Labute approximate surface area is 111 Å². The van der Waals surface area contributed by atoms with Crippen molar-refractivity contribution in [3.63, 3.8) is 0 Å². The Morgan fingerprint density at radius 3 is 2.95 bits per heavy atom. The summed E-state index contributed by atoms with van der Waals surface area (Å²) in [6, 6.07) is 5.11. The summed E-state index contributed by atoms with van der Waals surface area (Å²) in [6.07, 6.45) is 1.38. The summed E-state index contributed by atoms with van der Waals surface area (Å²) in [4.78, 5) is 14.1. The van der Waals surface area contributed by atoms with Crippen molar-refractivity contribution in [2.24, 2.45) is 5.11 Å². The van der Waals surface area contributed by atoms with Crippen LogP contribution in [-0.2, 0) is 6.42 Å². The molecule has 0 amide bonds. The van der Waals surface area contributed by atoms with Crippen LogP contribution in [0.2, 0.25) is 0 Å². The van der Waals surface area contributed by atoms with Gasteiger partial charge in [-0.25, -0.2) is 0 Å². The molecule has 0 aliphatic heterocycles. The van der Waals surface area contributed by atoms with Crippen LogP contribution in [0, 0.1) is 0 Å². The number of hydrogen-bond acceptors (Lipinski definition) is 4. The van der Waals surface area contributed by atoms with E-state index in [4.69, 9.17) is 15.4 Å². The number of aliphatic hydroxyl groups excluding tert-OH is 1. The average Bonchev–Trinajstić information content (AvgIpc) is 2.46. The number of carbonyl (C=O) groups is 1. The molecule has 1 aromatic carbocycles. The third-order valence-electron chi connectivity index (χ3n) is 2.63. The Hall–Kier alpha value is -2.04. The van der Waals surface area contributed by atoms with Gasteiger partial charge in [-0.05, 0) is 42.1 Å². The molecule has 0 unspecified atom stereocenters. The number of benzene rings is 1. The van der Waals surface area contributed by atoms with E-state index in [-0.39, 0.29) is 5.78 Å². The van der Waals surface area contributed by atoms with E-state index in [2.05, 4.69) is 10.0 Å². The zero-order valence-corrected chi connectivity index (χ0v) is 10.9. The van der Waals surface area contributed by atoms with E-state index in [0.717, 1.165) is 17.7 Å². The summed E-state index contributed by atoms with van der Waals surface area (Å²) in [5.74, 6) is 0.419.